The molecule has 0 fully saturated rings. The number of hydrogen-bond acceptors (Lipinski definition) is 9. The molecule has 2 N–H and O–H groups in total. The lowest BCUT2D eigenvalue weighted by Crippen LogP contribution is -2.37. The van der Waals surface area contributed by atoms with E-state index in [9.17, 15) is 4.79 Å². The lowest BCUT2D eigenvalue weighted by molar-refractivity contribution is 0.0726. The van der Waals surface area contributed by atoms with Crippen molar-refractivity contribution in [1.29, 1.82) is 0 Å². The van der Waals surface area contributed by atoms with E-state index in [0.717, 1.165) is 24.1 Å². The average molecular weight is 454 g/mol. The minimum atomic E-state index is -0.157. The summed E-state index contributed by atoms with van der Waals surface area (Å²) in [5.74, 6) is 1.02. The normalized spacial score (nSPS) is 15.1. The van der Waals surface area contributed by atoms with E-state index < -0.39 is 0 Å². The highest BCUT2D eigenvalue weighted by Crippen LogP contribution is 2.25. The number of amides is 1. The number of nitrogens with one attached hydrogen (secondary N) is 2. The fourth-order valence-electron chi connectivity index (χ4n) is 4.55. The maximum absolute atomic E-state index is 13.0. The van der Waals surface area contributed by atoms with Crippen molar-refractivity contribution >= 4 is 11.9 Å². The second kappa shape index (κ2) is 8.58. The number of fused-ring (bicyclic) bond motifs is 2. The molecule has 0 spiro atoms. The lowest BCUT2D eigenvalue weighted by Gasteiger charge is -2.28. The van der Waals surface area contributed by atoms with Gasteiger partial charge in [-0.05, 0) is 36.1 Å². The third-order valence-corrected chi connectivity index (χ3v) is 6.27. The quantitative estimate of drug-likeness (QED) is 0.455. The van der Waals surface area contributed by atoms with E-state index in [1.54, 1.807) is 17.0 Å². The number of nitrogens with zero attached hydrogens (tertiary/aromatic N) is 8. The number of H-pyrrole nitrogens is 1. The summed E-state index contributed by atoms with van der Waals surface area (Å²) in [6.07, 6.45) is 4.86. The Morgan fingerprint density at radius 3 is 2.65 bits per heavy atom. The van der Waals surface area contributed by atoms with Gasteiger partial charge in [-0.25, -0.2) is 9.97 Å². The summed E-state index contributed by atoms with van der Waals surface area (Å²) in [5, 5.41) is 25.5. The molecule has 4 heterocycles. The first-order valence-electron chi connectivity index (χ1n) is 11.2. The Hall–Kier alpha value is -4.28. The van der Waals surface area contributed by atoms with Gasteiger partial charge in [0.15, 0.2) is 11.5 Å². The summed E-state index contributed by atoms with van der Waals surface area (Å²) in [6, 6.07) is 12.3. The first-order chi connectivity index (χ1) is 16.7. The molecule has 11 nitrogen and oxygen atoms in total. The van der Waals surface area contributed by atoms with Crippen LogP contribution >= 0.6 is 0 Å². The number of aromatic nitrogens is 8. The van der Waals surface area contributed by atoms with Gasteiger partial charge < -0.3 is 10.2 Å². The molecular weight excluding hydrogens is 432 g/mol. The molecule has 1 aromatic carbocycles. The smallest absolute Gasteiger partial charge is 0.274 e. The number of carbonyl (C=O) groups excluding carboxylic acids is 1. The number of hydrogen-bond donors (Lipinski definition) is 2. The van der Waals surface area contributed by atoms with Crippen molar-refractivity contribution in [1.82, 2.24) is 45.7 Å². The Morgan fingerprint density at radius 2 is 1.91 bits per heavy atom. The van der Waals surface area contributed by atoms with E-state index in [1.807, 2.05) is 6.20 Å². The predicted molar refractivity (Wildman–Crippen MR) is 121 cm³/mol. The maximum Gasteiger partial charge on any atom is 0.274 e. The zero-order chi connectivity index (χ0) is 22.9. The van der Waals surface area contributed by atoms with Crippen LogP contribution in [0.15, 0.2) is 42.6 Å². The summed E-state index contributed by atoms with van der Waals surface area (Å²) in [4.78, 5) is 24.0. The van der Waals surface area contributed by atoms with Crippen molar-refractivity contribution in [2.75, 3.05) is 11.9 Å². The van der Waals surface area contributed by atoms with Gasteiger partial charge in [-0.15, -0.1) is 15.3 Å². The average Bonchev–Trinajstić information content (AvgIpc) is 3.53. The molecular formula is C23H22N10O. The van der Waals surface area contributed by atoms with Gasteiger partial charge in [0.2, 0.25) is 5.95 Å². The van der Waals surface area contributed by atoms with Gasteiger partial charge >= 0.3 is 0 Å². The Morgan fingerprint density at radius 1 is 1.06 bits per heavy atom. The van der Waals surface area contributed by atoms with Crippen molar-refractivity contribution in [2.45, 2.75) is 38.3 Å². The van der Waals surface area contributed by atoms with Crippen LogP contribution in [0.2, 0.25) is 0 Å². The number of rotatable bonds is 5. The molecule has 2 aliphatic rings. The molecule has 0 saturated heterocycles. The zero-order valence-electron chi connectivity index (χ0n) is 18.3. The summed E-state index contributed by atoms with van der Waals surface area (Å²) >= 11 is 0. The van der Waals surface area contributed by atoms with Crippen LogP contribution in [0.5, 0.6) is 0 Å². The first kappa shape index (κ1) is 20.3. The van der Waals surface area contributed by atoms with Crippen LogP contribution in [-0.2, 0) is 32.2 Å². The number of carbonyl (C=O) groups is 1. The van der Waals surface area contributed by atoms with E-state index in [-0.39, 0.29) is 5.91 Å². The van der Waals surface area contributed by atoms with Gasteiger partial charge in [-0.3, -0.25) is 4.79 Å². The molecule has 0 saturated carbocycles. The topological polar surface area (TPSA) is 138 Å². The van der Waals surface area contributed by atoms with Crippen LogP contribution in [0.3, 0.4) is 0 Å². The van der Waals surface area contributed by atoms with Crippen molar-refractivity contribution in [3.8, 4) is 0 Å². The van der Waals surface area contributed by atoms with Crippen molar-refractivity contribution < 1.29 is 4.79 Å². The number of anilines is 1. The van der Waals surface area contributed by atoms with Crippen molar-refractivity contribution in [2.24, 2.45) is 0 Å². The van der Waals surface area contributed by atoms with Crippen LogP contribution in [0.4, 0.5) is 5.95 Å². The molecule has 1 aliphatic carbocycles. The Labute approximate surface area is 195 Å². The minimum absolute atomic E-state index is 0.157. The summed E-state index contributed by atoms with van der Waals surface area (Å²) in [7, 11) is 0. The molecule has 0 atom stereocenters. The third-order valence-electron chi connectivity index (χ3n) is 6.27. The molecule has 0 unspecified atom stereocenters. The predicted octanol–water partition coefficient (Wildman–Crippen LogP) is 1.15. The SMILES string of the molecule is O=C(c1ccc(Cc2nn[nH]n2)nn1)N1CCc2nc(NC3Cc4ccccc4C3)ncc2C1. The highest BCUT2D eigenvalue weighted by Gasteiger charge is 2.26. The second-order valence-electron chi connectivity index (χ2n) is 8.58. The number of benzene rings is 1. The second-order valence-corrected chi connectivity index (χ2v) is 8.58. The summed E-state index contributed by atoms with van der Waals surface area (Å²) in [5.41, 5.74) is 5.69. The molecule has 6 rings (SSSR count). The molecule has 1 amide bonds. The molecule has 0 bridgehead atoms. The molecule has 0 radical (unpaired) electrons. The third kappa shape index (κ3) is 4.07. The van der Waals surface area contributed by atoms with Crippen molar-refractivity contribution in [3.05, 3.63) is 82.2 Å². The van der Waals surface area contributed by atoms with Crippen LogP contribution in [0, 0.1) is 0 Å². The minimum Gasteiger partial charge on any atom is -0.351 e. The van der Waals surface area contributed by atoms with Crippen LogP contribution in [0.1, 0.15) is 44.4 Å². The largest absolute Gasteiger partial charge is 0.351 e. The Balaban J connectivity index is 1.09. The highest BCUT2D eigenvalue weighted by atomic mass is 16.2. The zero-order valence-corrected chi connectivity index (χ0v) is 18.3. The summed E-state index contributed by atoms with van der Waals surface area (Å²) < 4.78 is 0. The number of tetrazole rings is 1. The maximum atomic E-state index is 13.0. The molecule has 170 valence electrons. The standard InChI is InChI=1S/C23H22N10O/c34-22(20-6-5-17(27-28-20)11-21-29-31-32-30-21)33-8-7-19-16(13-33)12-24-23(26-19)25-18-9-14-3-1-2-4-15(14)10-18/h1-6,12,18H,7-11,13H2,(H,24,25,26)(H,29,30,31,32). The fraction of sp³-hybridized carbons (Fsp3) is 0.304. The molecule has 11 heteroatoms. The number of aromatic amines is 1. The molecule has 34 heavy (non-hydrogen) atoms. The van der Waals surface area contributed by atoms with Crippen LogP contribution in [-0.4, -0.2) is 64.2 Å². The van der Waals surface area contributed by atoms with Gasteiger partial charge in [0.05, 0.1) is 17.8 Å². The monoisotopic (exact) mass is 454 g/mol. The van der Waals surface area contributed by atoms with Crippen LogP contribution in [0.25, 0.3) is 0 Å². The van der Waals surface area contributed by atoms with Gasteiger partial charge in [-0.2, -0.15) is 10.3 Å². The molecule has 3 aromatic heterocycles. The van der Waals surface area contributed by atoms with Gasteiger partial charge in [0.1, 0.15) is 0 Å². The van der Waals surface area contributed by atoms with E-state index in [1.165, 1.54) is 11.1 Å². The molecule has 1 aliphatic heterocycles. The van der Waals surface area contributed by atoms with Crippen LogP contribution < -0.4 is 5.32 Å². The lowest BCUT2D eigenvalue weighted by atomic mass is 10.1. The van der Waals surface area contributed by atoms with Gasteiger partial charge in [0.25, 0.3) is 5.91 Å². The van der Waals surface area contributed by atoms with Crippen molar-refractivity contribution in [3.63, 3.8) is 0 Å². The van der Waals surface area contributed by atoms with E-state index in [2.05, 4.69) is 65.4 Å². The first-order valence-corrected chi connectivity index (χ1v) is 11.2. The van der Waals surface area contributed by atoms with Gasteiger partial charge in [0, 0.05) is 37.3 Å². The highest BCUT2D eigenvalue weighted by molar-refractivity contribution is 5.92. The van der Waals surface area contributed by atoms with E-state index >= 15 is 0 Å². The Bertz CT molecular complexity index is 1300. The molecule has 4 aromatic rings. The van der Waals surface area contributed by atoms with E-state index in [4.69, 9.17) is 4.98 Å². The Kier molecular flexibility index (Phi) is 5.13. The summed E-state index contributed by atoms with van der Waals surface area (Å²) in [6.45, 7) is 1.03. The van der Waals surface area contributed by atoms with Gasteiger partial charge in [-0.1, -0.05) is 29.5 Å². The fourth-order valence-corrected chi connectivity index (χ4v) is 4.55. The van der Waals surface area contributed by atoms with E-state index in [0.29, 0.717) is 55.1 Å².